The van der Waals surface area contributed by atoms with Gasteiger partial charge in [0.25, 0.3) is 0 Å². The summed E-state index contributed by atoms with van der Waals surface area (Å²) >= 11 is 0. The third-order valence-corrected chi connectivity index (χ3v) is 5.60. The topological polar surface area (TPSA) is 47.9 Å². The highest BCUT2D eigenvalue weighted by molar-refractivity contribution is 6.62. The predicted molar refractivity (Wildman–Crippen MR) is 112 cm³/mol. The fourth-order valence-corrected chi connectivity index (χ4v) is 2.77. The Morgan fingerprint density at radius 1 is 1.04 bits per heavy atom. The van der Waals surface area contributed by atoms with Crippen molar-refractivity contribution in [3.63, 3.8) is 0 Å². The second-order valence-electron chi connectivity index (χ2n) is 8.65. The Labute approximate surface area is 162 Å². The van der Waals surface area contributed by atoms with Crippen LogP contribution in [0.15, 0.2) is 48.7 Å². The summed E-state index contributed by atoms with van der Waals surface area (Å²) in [6, 6.07) is 12.3. The van der Waals surface area contributed by atoms with E-state index >= 15 is 0 Å². The molecule has 1 saturated heterocycles. The van der Waals surface area contributed by atoms with Gasteiger partial charge in [-0.25, -0.2) is 0 Å². The zero-order valence-corrected chi connectivity index (χ0v) is 17.0. The summed E-state index contributed by atoms with van der Waals surface area (Å²) in [6.07, 6.45) is 0. The lowest BCUT2D eigenvalue weighted by atomic mass is 9.77. The molecule has 0 saturated carbocycles. The molecule has 1 fully saturated rings. The first-order valence-electron chi connectivity index (χ1n) is 9.20. The van der Waals surface area contributed by atoms with E-state index in [0.717, 1.165) is 21.7 Å². The molecule has 141 valence electrons. The summed E-state index contributed by atoms with van der Waals surface area (Å²) in [6.45, 7) is 15.3. The van der Waals surface area contributed by atoms with E-state index in [1.54, 1.807) is 21.3 Å². The fraction of sp³-hybridized carbons (Fsp3) is 0.429. The Morgan fingerprint density at radius 3 is 2.19 bits per heavy atom. The molecular weight excluding hydrogens is 338 g/mol. The molecule has 1 heterocycles. The van der Waals surface area contributed by atoms with Crippen molar-refractivity contribution in [2.24, 2.45) is 0 Å². The third-order valence-electron chi connectivity index (χ3n) is 5.60. The summed E-state index contributed by atoms with van der Waals surface area (Å²) in [5.41, 5.74) is 0.390. The summed E-state index contributed by atoms with van der Waals surface area (Å²) in [5.74, 6) is -0.00778. The highest BCUT2D eigenvalue weighted by Gasteiger charge is 2.51. The quantitative estimate of drug-likeness (QED) is 0.653. The Morgan fingerprint density at radius 2 is 1.59 bits per heavy atom. The standard InChI is InChI=1S/C21H27B2O4/c1-14(24)19(2,3)25-22-17-10-8-16-13-18(11-9-15(16)12-17)23-26-20(4,5)21(6,7)27-23/h8-13,24H,1H2,2-7H3. The minimum absolute atomic E-state index is 0.00778. The summed E-state index contributed by atoms with van der Waals surface area (Å²) in [4.78, 5) is 0. The molecule has 1 aliphatic rings. The molecule has 0 aromatic heterocycles. The molecule has 1 N–H and O–H groups in total. The first kappa shape index (κ1) is 20.0. The maximum absolute atomic E-state index is 9.57. The van der Waals surface area contributed by atoms with Gasteiger partial charge in [-0.3, -0.25) is 0 Å². The van der Waals surface area contributed by atoms with Gasteiger partial charge in [0.15, 0.2) is 0 Å². The molecule has 27 heavy (non-hydrogen) atoms. The molecular formula is C21H27B2O4. The monoisotopic (exact) mass is 365 g/mol. The highest BCUT2D eigenvalue weighted by atomic mass is 16.7. The van der Waals surface area contributed by atoms with Gasteiger partial charge >= 0.3 is 14.6 Å². The maximum Gasteiger partial charge on any atom is 0.494 e. The van der Waals surface area contributed by atoms with Crippen molar-refractivity contribution in [3.8, 4) is 0 Å². The van der Waals surface area contributed by atoms with Crippen molar-refractivity contribution >= 4 is 36.3 Å². The normalized spacial score (nSPS) is 18.7. The Kier molecular flexibility index (Phi) is 4.96. The Bertz CT molecular complexity index is 858. The average Bonchev–Trinajstić information content (AvgIpc) is 2.80. The fourth-order valence-electron chi connectivity index (χ4n) is 2.77. The van der Waals surface area contributed by atoms with Gasteiger partial charge in [-0.2, -0.15) is 0 Å². The zero-order valence-electron chi connectivity index (χ0n) is 17.0. The van der Waals surface area contributed by atoms with Crippen LogP contribution in [-0.4, -0.2) is 36.5 Å². The van der Waals surface area contributed by atoms with Gasteiger partial charge in [0.1, 0.15) is 11.4 Å². The molecule has 0 spiro atoms. The molecule has 2 aromatic rings. The first-order chi connectivity index (χ1) is 12.4. The van der Waals surface area contributed by atoms with Crippen molar-refractivity contribution in [1.82, 2.24) is 0 Å². The molecule has 0 unspecified atom stereocenters. The lowest BCUT2D eigenvalue weighted by molar-refractivity contribution is 0.00578. The van der Waals surface area contributed by atoms with E-state index < -0.39 is 5.60 Å². The number of rotatable bonds is 5. The third kappa shape index (κ3) is 3.93. The van der Waals surface area contributed by atoms with Gasteiger partial charge < -0.3 is 19.1 Å². The number of benzene rings is 2. The van der Waals surface area contributed by atoms with E-state index in [2.05, 4.69) is 46.4 Å². The highest BCUT2D eigenvalue weighted by Crippen LogP contribution is 2.36. The van der Waals surface area contributed by atoms with Crippen LogP contribution in [0, 0.1) is 0 Å². The van der Waals surface area contributed by atoms with E-state index in [4.69, 9.17) is 14.0 Å². The molecule has 3 rings (SSSR count). The number of hydrogen-bond donors (Lipinski definition) is 1. The summed E-state index contributed by atoms with van der Waals surface area (Å²) in [7, 11) is 1.27. The molecule has 6 heteroatoms. The van der Waals surface area contributed by atoms with Crippen LogP contribution in [0.5, 0.6) is 0 Å². The molecule has 1 aliphatic heterocycles. The number of aliphatic hydroxyl groups is 1. The van der Waals surface area contributed by atoms with Gasteiger partial charge in [-0.05, 0) is 57.8 Å². The van der Waals surface area contributed by atoms with Crippen LogP contribution < -0.4 is 10.9 Å². The smallest absolute Gasteiger partial charge is 0.494 e. The second-order valence-corrected chi connectivity index (χ2v) is 8.65. The van der Waals surface area contributed by atoms with Crippen LogP contribution in [0.25, 0.3) is 10.8 Å². The molecule has 0 amide bonds. The minimum atomic E-state index is -0.824. The number of aliphatic hydroxyl groups excluding tert-OH is 1. The average molecular weight is 365 g/mol. The largest absolute Gasteiger partial charge is 0.510 e. The van der Waals surface area contributed by atoms with Crippen molar-refractivity contribution in [3.05, 3.63) is 48.7 Å². The summed E-state index contributed by atoms with van der Waals surface area (Å²) < 4.78 is 17.9. The lowest BCUT2D eigenvalue weighted by Crippen LogP contribution is -2.41. The predicted octanol–water partition coefficient (Wildman–Crippen LogP) is 3.25. The van der Waals surface area contributed by atoms with Gasteiger partial charge in [0, 0.05) is 0 Å². The molecule has 1 radical (unpaired) electrons. The van der Waals surface area contributed by atoms with E-state index in [9.17, 15) is 5.11 Å². The van der Waals surface area contributed by atoms with Crippen molar-refractivity contribution in [2.75, 3.05) is 0 Å². The van der Waals surface area contributed by atoms with Crippen LogP contribution in [0.2, 0.25) is 0 Å². The van der Waals surface area contributed by atoms with E-state index in [-0.39, 0.29) is 24.1 Å². The lowest BCUT2D eigenvalue weighted by Gasteiger charge is -2.32. The second kappa shape index (κ2) is 6.69. The van der Waals surface area contributed by atoms with Gasteiger partial charge in [-0.15, -0.1) is 0 Å². The van der Waals surface area contributed by atoms with E-state index in [0.29, 0.717) is 0 Å². The van der Waals surface area contributed by atoms with Gasteiger partial charge in [0.2, 0.25) is 0 Å². The first-order valence-corrected chi connectivity index (χ1v) is 9.20. The molecule has 4 nitrogen and oxygen atoms in total. The molecule has 0 aliphatic carbocycles. The SMILES string of the molecule is C=C(O)C(C)(C)O[B]c1ccc2cc(B3OC(C)(C)C(C)(C)O3)ccc2c1. The van der Waals surface area contributed by atoms with Gasteiger partial charge in [-0.1, -0.05) is 48.4 Å². The maximum atomic E-state index is 9.57. The van der Waals surface area contributed by atoms with E-state index in [1.165, 1.54) is 0 Å². The van der Waals surface area contributed by atoms with Crippen molar-refractivity contribution < 1.29 is 19.1 Å². The van der Waals surface area contributed by atoms with Crippen molar-refractivity contribution in [2.45, 2.75) is 58.3 Å². The van der Waals surface area contributed by atoms with Crippen LogP contribution in [0.4, 0.5) is 0 Å². The molecule has 0 atom stereocenters. The molecule has 0 bridgehead atoms. The number of hydrogen-bond acceptors (Lipinski definition) is 4. The Hall–Kier alpha value is -1.75. The van der Waals surface area contributed by atoms with Crippen LogP contribution >= 0.6 is 0 Å². The van der Waals surface area contributed by atoms with Gasteiger partial charge in [0.05, 0.1) is 11.2 Å². The number of fused-ring (bicyclic) bond motifs is 1. The van der Waals surface area contributed by atoms with Crippen LogP contribution in [0.1, 0.15) is 41.5 Å². The minimum Gasteiger partial charge on any atom is -0.510 e. The Balaban J connectivity index is 1.79. The zero-order chi connectivity index (χ0) is 20.0. The molecule has 2 aromatic carbocycles. The van der Waals surface area contributed by atoms with E-state index in [1.807, 2.05) is 24.3 Å². The summed E-state index contributed by atoms with van der Waals surface area (Å²) in [5, 5.41) is 11.8. The van der Waals surface area contributed by atoms with Crippen LogP contribution in [-0.2, 0) is 14.0 Å². The van der Waals surface area contributed by atoms with Crippen LogP contribution in [0.3, 0.4) is 0 Å². The van der Waals surface area contributed by atoms with Crippen molar-refractivity contribution in [1.29, 1.82) is 0 Å².